The van der Waals surface area contributed by atoms with Crippen molar-refractivity contribution in [3.8, 4) is 5.88 Å². The quantitative estimate of drug-likeness (QED) is 0.757. The van der Waals surface area contributed by atoms with Crippen molar-refractivity contribution in [2.45, 2.75) is 33.7 Å². The Balaban J connectivity index is 3.00. The first-order valence-corrected chi connectivity index (χ1v) is 7.01. The van der Waals surface area contributed by atoms with Crippen LogP contribution in [0.15, 0.2) is 6.07 Å². The van der Waals surface area contributed by atoms with Crippen LogP contribution in [0.25, 0.3) is 0 Å². The monoisotopic (exact) mass is 301 g/mol. The highest BCUT2D eigenvalue weighted by Crippen LogP contribution is 2.17. The van der Waals surface area contributed by atoms with Crippen LogP contribution in [0.4, 0.5) is 5.95 Å². The first-order valence-electron chi connectivity index (χ1n) is 5.89. The molecule has 1 heterocycles. The molecule has 0 aliphatic carbocycles. The Bertz CT molecular complexity index is 358. The Kier molecular flexibility index (Phi) is 5.68. The van der Waals surface area contributed by atoms with Crippen LogP contribution < -0.4 is 9.64 Å². The Labute approximate surface area is 112 Å². The summed E-state index contributed by atoms with van der Waals surface area (Å²) in [7, 11) is 0. The zero-order chi connectivity index (χ0) is 12.8. The molecule has 0 unspecified atom stereocenters. The van der Waals surface area contributed by atoms with Crippen LogP contribution in [0.1, 0.15) is 26.5 Å². The van der Waals surface area contributed by atoms with Gasteiger partial charge in [0.05, 0.1) is 6.61 Å². The number of alkyl halides is 1. The number of anilines is 1. The number of hydrogen-bond donors (Lipinski definition) is 0. The molecular weight excluding hydrogens is 282 g/mol. The van der Waals surface area contributed by atoms with Crippen molar-refractivity contribution in [3.05, 3.63) is 11.8 Å². The lowest BCUT2D eigenvalue weighted by Crippen LogP contribution is -2.34. The third kappa shape index (κ3) is 4.15. The minimum atomic E-state index is 0.365. The number of nitrogens with zero attached hydrogens (tertiary/aromatic N) is 3. The summed E-state index contributed by atoms with van der Waals surface area (Å²) in [6.45, 7) is 9.68. The number of rotatable bonds is 6. The second-order valence-corrected chi connectivity index (χ2v) is 4.85. The normalized spacial score (nSPS) is 10.7. The molecule has 0 bridgehead atoms. The SMILES string of the molecule is CCOc1cc(C)nc(N(CCBr)C(C)C)n1. The molecule has 1 rings (SSSR count). The predicted octanol–water partition coefficient (Wildman–Crippen LogP) is 2.79. The molecule has 0 aliphatic rings. The molecule has 1 aromatic rings. The van der Waals surface area contributed by atoms with Crippen LogP contribution in [0.5, 0.6) is 5.88 Å². The fraction of sp³-hybridized carbons (Fsp3) is 0.667. The summed E-state index contributed by atoms with van der Waals surface area (Å²) < 4.78 is 5.45. The van der Waals surface area contributed by atoms with Gasteiger partial charge in [-0.1, -0.05) is 15.9 Å². The lowest BCUT2D eigenvalue weighted by atomic mass is 10.3. The maximum atomic E-state index is 5.45. The fourth-order valence-electron chi connectivity index (χ4n) is 1.56. The highest BCUT2D eigenvalue weighted by molar-refractivity contribution is 9.09. The summed E-state index contributed by atoms with van der Waals surface area (Å²) >= 11 is 3.45. The van der Waals surface area contributed by atoms with Crippen LogP contribution in [-0.4, -0.2) is 34.5 Å². The summed E-state index contributed by atoms with van der Waals surface area (Å²) in [6.07, 6.45) is 0. The average Bonchev–Trinajstić information content (AvgIpc) is 2.25. The predicted molar refractivity (Wildman–Crippen MR) is 74.2 cm³/mol. The van der Waals surface area contributed by atoms with Gasteiger partial charge in [-0.15, -0.1) is 0 Å². The number of ether oxygens (including phenoxy) is 1. The van der Waals surface area contributed by atoms with Crippen LogP contribution in [-0.2, 0) is 0 Å². The van der Waals surface area contributed by atoms with Gasteiger partial charge in [-0.25, -0.2) is 4.98 Å². The third-order valence-corrected chi connectivity index (χ3v) is 2.67. The second kappa shape index (κ2) is 6.79. The Hall–Kier alpha value is -0.840. The van der Waals surface area contributed by atoms with Gasteiger partial charge in [-0.05, 0) is 27.7 Å². The molecule has 1 aromatic heterocycles. The van der Waals surface area contributed by atoms with Gasteiger partial charge in [-0.2, -0.15) is 4.98 Å². The largest absolute Gasteiger partial charge is 0.478 e. The van der Waals surface area contributed by atoms with Crippen molar-refractivity contribution in [3.63, 3.8) is 0 Å². The first-order chi connectivity index (χ1) is 8.08. The van der Waals surface area contributed by atoms with E-state index in [1.807, 2.05) is 19.9 Å². The van der Waals surface area contributed by atoms with E-state index in [4.69, 9.17) is 4.74 Å². The van der Waals surface area contributed by atoms with Crippen LogP contribution >= 0.6 is 15.9 Å². The van der Waals surface area contributed by atoms with Crippen molar-refractivity contribution in [2.75, 3.05) is 23.4 Å². The Morgan fingerprint density at radius 1 is 1.41 bits per heavy atom. The maximum absolute atomic E-state index is 5.45. The van der Waals surface area contributed by atoms with E-state index in [9.17, 15) is 0 Å². The number of aryl methyl sites for hydroxylation is 1. The molecule has 5 heteroatoms. The van der Waals surface area contributed by atoms with Crippen LogP contribution in [0.3, 0.4) is 0 Å². The molecule has 0 amide bonds. The fourth-order valence-corrected chi connectivity index (χ4v) is 1.94. The summed E-state index contributed by atoms with van der Waals surface area (Å²) in [5.41, 5.74) is 0.929. The molecule has 0 aromatic carbocycles. The summed E-state index contributed by atoms with van der Waals surface area (Å²) in [5, 5.41) is 0.895. The van der Waals surface area contributed by atoms with Crippen LogP contribution in [0.2, 0.25) is 0 Å². The molecule has 0 fully saturated rings. The van der Waals surface area contributed by atoms with E-state index in [0.717, 1.165) is 23.5 Å². The number of halogens is 1. The molecule has 0 aliphatic heterocycles. The molecule has 0 atom stereocenters. The summed E-state index contributed by atoms with van der Waals surface area (Å²) in [4.78, 5) is 11.1. The summed E-state index contributed by atoms with van der Waals surface area (Å²) in [5.74, 6) is 1.39. The lowest BCUT2D eigenvalue weighted by Gasteiger charge is -2.26. The summed E-state index contributed by atoms with van der Waals surface area (Å²) in [6, 6.07) is 2.23. The van der Waals surface area contributed by atoms with Gasteiger partial charge in [0.2, 0.25) is 11.8 Å². The van der Waals surface area contributed by atoms with Crippen molar-refractivity contribution in [1.82, 2.24) is 9.97 Å². The molecule has 0 saturated heterocycles. The van der Waals surface area contributed by atoms with E-state index in [2.05, 4.69) is 44.6 Å². The highest BCUT2D eigenvalue weighted by atomic mass is 79.9. The average molecular weight is 302 g/mol. The van der Waals surface area contributed by atoms with Gasteiger partial charge in [0.15, 0.2) is 0 Å². The Morgan fingerprint density at radius 3 is 2.65 bits per heavy atom. The third-order valence-electron chi connectivity index (χ3n) is 2.32. The minimum Gasteiger partial charge on any atom is -0.478 e. The first kappa shape index (κ1) is 14.2. The van der Waals surface area contributed by atoms with Gasteiger partial charge < -0.3 is 9.64 Å². The standard InChI is InChI=1S/C12H20BrN3O/c1-5-17-11-8-10(4)14-12(15-11)16(7-6-13)9(2)3/h8-9H,5-7H2,1-4H3. The zero-order valence-electron chi connectivity index (χ0n) is 10.9. The molecule has 0 spiro atoms. The highest BCUT2D eigenvalue weighted by Gasteiger charge is 2.14. The van der Waals surface area contributed by atoms with Gasteiger partial charge in [0, 0.05) is 29.7 Å². The molecule has 96 valence electrons. The maximum Gasteiger partial charge on any atom is 0.229 e. The molecule has 4 nitrogen and oxygen atoms in total. The Morgan fingerprint density at radius 2 is 2.12 bits per heavy atom. The van der Waals surface area contributed by atoms with Gasteiger partial charge in [0.25, 0.3) is 0 Å². The van der Waals surface area contributed by atoms with Crippen molar-refractivity contribution < 1.29 is 4.74 Å². The molecule has 17 heavy (non-hydrogen) atoms. The lowest BCUT2D eigenvalue weighted by molar-refractivity contribution is 0.325. The number of aromatic nitrogens is 2. The van der Waals surface area contributed by atoms with Crippen molar-refractivity contribution >= 4 is 21.9 Å². The number of hydrogen-bond acceptors (Lipinski definition) is 4. The van der Waals surface area contributed by atoms with Crippen molar-refractivity contribution in [2.24, 2.45) is 0 Å². The van der Waals surface area contributed by atoms with E-state index in [-0.39, 0.29) is 0 Å². The molecular formula is C12H20BrN3O. The van der Waals surface area contributed by atoms with E-state index in [0.29, 0.717) is 18.5 Å². The topological polar surface area (TPSA) is 38.2 Å². The van der Waals surface area contributed by atoms with Gasteiger partial charge in [0.1, 0.15) is 0 Å². The second-order valence-electron chi connectivity index (χ2n) is 4.06. The van der Waals surface area contributed by atoms with E-state index in [1.54, 1.807) is 0 Å². The van der Waals surface area contributed by atoms with Gasteiger partial charge >= 0.3 is 0 Å². The van der Waals surface area contributed by atoms with E-state index in [1.165, 1.54) is 0 Å². The van der Waals surface area contributed by atoms with Crippen LogP contribution in [0, 0.1) is 6.92 Å². The smallest absolute Gasteiger partial charge is 0.229 e. The van der Waals surface area contributed by atoms with Gasteiger partial charge in [-0.3, -0.25) is 0 Å². The van der Waals surface area contributed by atoms with Crippen molar-refractivity contribution in [1.29, 1.82) is 0 Å². The molecule has 0 saturated carbocycles. The molecule has 0 radical (unpaired) electrons. The van der Waals surface area contributed by atoms with E-state index < -0.39 is 0 Å². The minimum absolute atomic E-state index is 0.365. The van der Waals surface area contributed by atoms with E-state index >= 15 is 0 Å². The molecule has 0 N–H and O–H groups in total. The zero-order valence-corrected chi connectivity index (χ0v) is 12.5.